The highest BCUT2D eigenvalue weighted by Crippen LogP contribution is 2.30. The molecule has 0 spiro atoms. The Morgan fingerprint density at radius 3 is 2.41 bits per heavy atom. The molecule has 0 aliphatic carbocycles. The molecule has 1 aromatic heterocycles. The maximum atomic E-state index is 6.66. The lowest BCUT2D eigenvalue weighted by atomic mass is 9.95. The summed E-state index contributed by atoms with van der Waals surface area (Å²) in [5.74, 6) is 0. The molecule has 0 atom stereocenters. The predicted octanol–water partition coefficient (Wildman–Crippen LogP) is 7.27. The third-order valence-electron chi connectivity index (χ3n) is 5.48. The summed E-state index contributed by atoms with van der Waals surface area (Å²) in [5, 5.41) is 5.35. The van der Waals surface area contributed by atoms with Crippen LogP contribution in [-0.2, 0) is 7.05 Å². The van der Waals surface area contributed by atoms with Gasteiger partial charge in [-0.05, 0) is 73.4 Å². The molecule has 3 aromatic carbocycles. The fraction of sp³-hybridized carbons (Fsp3) is 0.160. The molecule has 0 radical (unpaired) electrons. The van der Waals surface area contributed by atoms with Crippen LogP contribution in [-0.4, -0.2) is 9.43 Å². The van der Waals surface area contributed by atoms with Gasteiger partial charge in [0.05, 0.1) is 21.1 Å². The lowest BCUT2D eigenvalue weighted by Gasteiger charge is -2.14. The van der Waals surface area contributed by atoms with Crippen LogP contribution in [0.25, 0.3) is 10.9 Å². The number of nitrogens with one attached hydrogen (secondary N) is 1. The fourth-order valence-corrected chi connectivity index (χ4v) is 4.47. The van der Waals surface area contributed by atoms with E-state index >= 15 is 0 Å². The molecule has 146 valence electrons. The number of hydrogen-bond donors (Lipinski definition) is 1. The second-order valence-corrected chi connectivity index (χ2v) is 8.39. The molecule has 1 N–H and O–H groups in total. The Kier molecular flexibility index (Phi) is 5.20. The number of rotatable bonds is 4. The van der Waals surface area contributed by atoms with Crippen LogP contribution in [0.5, 0.6) is 0 Å². The number of hydrogen-bond acceptors (Lipinski definition) is 2. The van der Waals surface area contributed by atoms with Crippen molar-refractivity contribution in [1.82, 2.24) is 4.57 Å². The van der Waals surface area contributed by atoms with Gasteiger partial charge in [0.1, 0.15) is 0 Å². The maximum Gasteiger partial charge on any atom is 0.0716 e. The predicted molar refractivity (Wildman–Crippen MR) is 129 cm³/mol. The highest BCUT2D eigenvalue weighted by atomic mass is 35.5. The van der Waals surface area contributed by atoms with Crippen LogP contribution < -0.4 is 5.32 Å². The van der Waals surface area contributed by atoms with Gasteiger partial charge in [-0.1, -0.05) is 48.1 Å². The van der Waals surface area contributed by atoms with E-state index in [0.717, 1.165) is 32.9 Å². The van der Waals surface area contributed by atoms with Crippen molar-refractivity contribution >= 4 is 51.0 Å². The van der Waals surface area contributed by atoms with Gasteiger partial charge < -0.3 is 9.88 Å². The third-order valence-corrected chi connectivity index (χ3v) is 6.23. The van der Waals surface area contributed by atoms with Crippen molar-refractivity contribution in [1.29, 1.82) is 0 Å². The van der Waals surface area contributed by atoms with Gasteiger partial charge in [-0.15, -0.1) is 0 Å². The summed E-state index contributed by atoms with van der Waals surface area (Å²) >= 11 is 12.5. The third kappa shape index (κ3) is 3.68. The van der Waals surface area contributed by atoms with Crippen molar-refractivity contribution < 1.29 is 0 Å². The summed E-state index contributed by atoms with van der Waals surface area (Å²) in [6, 6.07) is 18.7. The molecule has 0 aliphatic rings. The lowest BCUT2D eigenvalue weighted by Crippen LogP contribution is -2.05. The van der Waals surface area contributed by atoms with E-state index in [2.05, 4.69) is 73.3 Å². The molecule has 1 heterocycles. The zero-order valence-electron chi connectivity index (χ0n) is 17.0. The number of fused-ring (bicyclic) bond motifs is 1. The molecule has 4 heteroatoms. The van der Waals surface area contributed by atoms with E-state index < -0.39 is 0 Å². The van der Waals surface area contributed by atoms with Gasteiger partial charge in [0.25, 0.3) is 0 Å². The van der Waals surface area contributed by atoms with Crippen molar-refractivity contribution in [3.05, 3.63) is 93.6 Å². The summed E-state index contributed by atoms with van der Waals surface area (Å²) in [7, 11) is 2.05. The molecule has 4 aromatic rings. The number of thiocarbonyl (C=S) groups is 1. The molecule has 0 amide bonds. The Balaban J connectivity index is 1.67. The first-order valence-electron chi connectivity index (χ1n) is 9.58. The number of aromatic nitrogens is 1. The Bertz CT molecular complexity index is 1250. The zero-order valence-corrected chi connectivity index (χ0v) is 18.6. The molecule has 0 bridgehead atoms. The summed E-state index contributed by atoms with van der Waals surface area (Å²) in [5.41, 5.74) is 8.78. The van der Waals surface area contributed by atoms with Crippen molar-refractivity contribution in [3.8, 4) is 0 Å². The first kappa shape index (κ1) is 19.7. The second-order valence-electron chi connectivity index (χ2n) is 7.57. The second kappa shape index (κ2) is 7.66. The highest BCUT2D eigenvalue weighted by molar-refractivity contribution is 7.81. The normalized spacial score (nSPS) is 11.1. The molecule has 2 nitrogen and oxygen atoms in total. The van der Waals surface area contributed by atoms with Crippen LogP contribution >= 0.6 is 23.8 Å². The average Bonchev–Trinajstić information content (AvgIpc) is 3.06. The number of aryl methyl sites for hydroxylation is 4. The monoisotopic (exact) mass is 418 g/mol. The van der Waals surface area contributed by atoms with Crippen LogP contribution in [0, 0.1) is 20.8 Å². The van der Waals surface area contributed by atoms with Gasteiger partial charge >= 0.3 is 0 Å². The molecule has 0 fully saturated rings. The van der Waals surface area contributed by atoms with Crippen molar-refractivity contribution in [3.63, 3.8) is 0 Å². The number of nitrogens with zero attached hydrogens (tertiary/aromatic N) is 1. The van der Waals surface area contributed by atoms with E-state index in [9.17, 15) is 0 Å². The SMILES string of the molecule is Cc1cc(C)c(C(=S)c2ccc(Nc3cccc4ccn(C)c34)cc2Cl)cc1C. The Hall–Kier alpha value is -2.62. The van der Waals surface area contributed by atoms with E-state index in [1.54, 1.807) is 0 Å². The van der Waals surface area contributed by atoms with Crippen LogP contribution in [0.3, 0.4) is 0 Å². The van der Waals surface area contributed by atoms with Gasteiger partial charge in [0, 0.05) is 29.9 Å². The molecule has 0 saturated carbocycles. The molecule has 0 unspecified atom stereocenters. The van der Waals surface area contributed by atoms with Gasteiger partial charge in [-0.3, -0.25) is 0 Å². The zero-order chi connectivity index (χ0) is 20.7. The van der Waals surface area contributed by atoms with E-state index in [1.165, 1.54) is 22.1 Å². The smallest absolute Gasteiger partial charge is 0.0716 e. The topological polar surface area (TPSA) is 17.0 Å². The quantitative estimate of drug-likeness (QED) is 0.277. The van der Waals surface area contributed by atoms with Crippen LogP contribution in [0.2, 0.25) is 5.02 Å². The summed E-state index contributed by atoms with van der Waals surface area (Å²) in [6.07, 6.45) is 2.07. The van der Waals surface area contributed by atoms with Gasteiger partial charge in [0.15, 0.2) is 0 Å². The van der Waals surface area contributed by atoms with Gasteiger partial charge in [-0.25, -0.2) is 0 Å². The van der Waals surface area contributed by atoms with Crippen molar-refractivity contribution in [2.24, 2.45) is 7.05 Å². The van der Waals surface area contributed by atoms with Crippen molar-refractivity contribution in [2.75, 3.05) is 5.32 Å². The van der Waals surface area contributed by atoms with Crippen LogP contribution in [0.4, 0.5) is 11.4 Å². The summed E-state index contributed by atoms with van der Waals surface area (Å²) in [4.78, 5) is 0.784. The fourth-order valence-electron chi connectivity index (χ4n) is 3.74. The minimum Gasteiger partial charge on any atom is -0.354 e. The summed E-state index contributed by atoms with van der Waals surface area (Å²) < 4.78 is 2.12. The van der Waals surface area contributed by atoms with E-state index in [1.807, 2.05) is 25.2 Å². The number of halogens is 1. The average molecular weight is 419 g/mol. The van der Waals surface area contributed by atoms with Gasteiger partial charge in [0.2, 0.25) is 0 Å². The largest absolute Gasteiger partial charge is 0.354 e. The maximum absolute atomic E-state index is 6.66. The Labute approximate surface area is 182 Å². The van der Waals surface area contributed by atoms with E-state index in [0.29, 0.717) is 5.02 Å². The molecule has 29 heavy (non-hydrogen) atoms. The van der Waals surface area contributed by atoms with Crippen LogP contribution in [0.15, 0.2) is 60.8 Å². The van der Waals surface area contributed by atoms with Crippen molar-refractivity contribution in [2.45, 2.75) is 20.8 Å². The van der Waals surface area contributed by atoms with Crippen LogP contribution in [0.1, 0.15) is 27.8 Å². The molecule has 0 aliphatic heterocycles. The number of para-hydroxylation sites is 1. The lowest BCUT2D eigenvalue weighted by molar-refractivity contribution is 0.970. The standard InChI is InChI=1S/C25H23ClN2S/c1-15-12-17(3)21(13-16(15)2)25(29)20-9-8-19(14-22(20)26)27-23-7-5-6-18-10-11-28(4)24(18)23/h5-14,27H,1-4H3. The molecule has 4 rings (SSSR count). The molecular formula is C25H23ClN2S. The van der Waals surface area contributed by atoms with Gasteiger partial charge in [-0.2, -0.15) is 0 Å². The minimum absolute atomic E-state index is 0.650. The first-order valence-corrected chi connectivity index (χ1v) is 10.4. The number of anilines is 2. The molecule has 0 saturated heterocycles. The number of benzene rings is 3. The first-order chi connectivity index (χ1) is 13.8. The summed E-state index contributed by atoms with van der Waals surface area (Å²) in [6.45, 7) is 6.33. The van der Waals surface area contributed by atoms with E-state index in [-0.39, 0.29) is 0 Å². The Morgan fingerprint density at radius 1 is 0.897 bits per heavy atom. The Morgan fingerprint density at radius 2 is 1.66 bits per heavy atom. The minimum atomic E-state index is 0.650. The molecular weight excluding hydrogens is 396 g/mol. The highest BCUT2D eigenvalue weighted by Gasteiger charge is 2.14. The van der Waals surface area contributed by atoms with E-state index in [4.69, 9.17) is 23.8 Å².